The highest BCUT2D eigenvalue weighted by Crippen LogP contribution is 2.14. The molecule has 0 radical (unpaired) electrons. The van der Waals surface area contributed by atoms with Crippen LogP contribution in [-0.4, -0.2) is 54.4 Å². The van der Waals surface area contributed by atoms with Crippen LogP contribution in [0.25, 0.3) is 0 Å². The number of amides is 1. The summed E-state index contributed by atoms with van der Waals surface area (Å²) in [7, 11) is -3.29. The molecule has 1 aliphatic rings. The predicted octanol–water partition coefficient (Wildman–Crippen LogP) is 1.25. The van der Waals surface area contributed by atoms with Crippen molar-refractivity contribution < 1.29 is 13.2 Å². The fourth-order valence-corrected chi connectivity index (χ4v) is 4.11. The molecule has 0 atom stereocenters. The SMILES string of the molecule is O=CN(CCS(=O)(=O)N1CCCCCC1)Cc1cccnc1. The molecule has 7 heteroatoms. The fourth-order valence-electron chi connectivity index (χ4n) is 2.58. The van der Waals surface area contributed by atoms with Gasteiger partial charge in [0.1, 0.15) is 0 Å². The normalized spacial score (nSPS) is 16.9. The molecule has 0 N–H and O–H groups in total. The van der Waals surface area contributed by atoms with Crippen molar-refractivity contribution in [1.82, 2.24) is 14.2 Å². The Morgan fingerprint density at radius 2 is 1.95 bits per heavy atom. The summed E-state index contributed by atoms with van der Waals surface area (Å²) in [6.07, 6.45) is 8.07. The summed E-state index contributed by atoms with van der Waals surface area (Å²) in [5.74, 6) is -0.0218. The average molecular weight is 325 g/mol. The van der Waals surface area contributed by atoms with Crippen LogP contribution in [0.15, 0.2) is 24.5 Å². The molecule has 0 aromatic carbocycles. The Bertz CT molecular complexity index is 555. The third-order valence-corrected chi connectivity index (χ3v) is 5.70. The van der Waals surface area contributed by atoms with Crippen molar-refractivity contribution in [1.29, 1.82) is 0 Å². The molecule has 0 spiro atoms. The minimum absolute atomic E-state index is 0.0218. The molecule has 1 amide bonds. The highest BCUT2D eigenvalue weighted by atomic mass is 32.2. The van der Waals surface area contributed by atoms with E-state index < -0.39 is 10.0 Å². The van der Waals surface area contributed by atoms with Crippen LogP contribution in [0.4, 0.5) is 0 Å². The maximum atomic E-state index is 12.4. The van der Waals surface area contributed by atoms with Gasteiger partial charge in [-0.25, -0.2) is 12.7 Å². The second kappa shape index (κ2) is 8.24. The lowest BCUT2D eigenvalue weighted by atomic mass is 10.2. The first kappa shape index (κ1) is 16.9. The van der Waals surface area contributed by atoms with Crippen LogP contribution < -0.4 is 0 Å². The molecule has 6 nitrogen and oxygen atoms in total. The number of pyridine rings is 1. The fraction of sp³-hybridized carbons (Fsp3) is 0.600. The van der Waals surface area contributed by atoms with Gasteiger partial charge in [0, 0.05) is 38.6 Å². The first-order valence-corrected chi connectivity index (χ1v) is 9.29. The zero-order chi connectivity index (χ0) is 15.8. The van der Waals surface area contributed by atoms with Crippen molar-refractivity contribution in [2.75, 3.05) is 25.4 Å². The Balaban J connectivity index is 1.89. The Morgan fingerprint density at radius 3 is 2.55 bits per heavy atom. The van der Waals surface area contributed by atoms with E-state index >= 15 is 0 Å². The minimum atomic E-state index is -3.29. The molecule has 0 bridgehead atoms. The number of hydrogen-bond donors (Lipinski definition) is 0. The third-order valence-electron chi connectivity index (χ3n) is 3.85. The molecular formula is C15H23N3O3S. The second-order valence-electron chi connectivity index (χ2n) is 5.57. The summed E-state index contributed by atoms with van der Waals surface area (Å²) in [5, 5.41) is 0. The average Bonchev–Trinajstić information content (AvgIpc) is 2.82. The van der Waals surface area contributed by atoms with Crippen molar-refractivity contribution in [2.45, 2.75) is 32.2 Å². The lowest BCUT2D eigenvalue weighted by molar-refractivity contribution is -0.118. The number of carbonyl (C=O) groups excluding carboxylic acids is 1. The molecule has 2 heterocycles. The van der Waals surface area contributed by atoms with Crippen molar-refractivity contribution >= 4 is 16.4 Å². The first-order chi connectivity index (χ1) is 10.6. The second-order valence-corrected chi connectivity index (χ2v) is 7.65. The van der Waals surface area contributed by atoms with Gasteiger partial charge in [0.15, 0.2) is 0 Å². The van der Waals surface area contributed by atoms with Gasteiger partial charge in [0.2, 0.25) is 16.4 Å². The van der Waals surface area contributed by atoms with Gasteiger partial charge in [-0.1, -0.05) is 18.9 Å². The van der Waals surface area contributed by atoms with Crippen molar-refractivity contribution in [3.05, 3.63) is 30.1 Å². The highest BCUT2D eigenvalue weighted by molar-refractivity contribution is 7.89. The summed E-state index contributed by atoms with van der Waals surface area (Å²) in [5.41, 5.74) is 0.891. The first-order valence-electron chi connectivity index (χ1n) is 7.68. The minimum Gasteiger partial charge on any atom is -0.340 e. The van der Waals surface area contributed by atoms with Crippen LogP contribution >= 0.6 is 0 Å². The number of hydrogen-bond acceptors (Lipinski definition) is 4. The molecular weight excluding hydrogens is 302 g/mol. The monoisotopic (exact) mass is 325 g/mol. The summed E-state index contributed by atoms with van der Waals surface area (Å²) >= 11 is 0. The molecule has 1 aromatic heterocycles. The molecule has 122 valence electrons. The van der Waals surface area contributed by atoms with Crippen molar-refractivity contribution in [3.63, 3.8) is 0 Å². The van der Waals surface area contributed by atoms with E-state index in [0.29, 0.717) is 26.0 Å². The molecule has 1 fully saturated rings. The van der Waals surface area contributed by atoms with Crippen LogP contribution in [0.1, 0.15) is 31.2 Å². The van der Waals surface area contributed by atoms with Gasteiger partial charge in [0.25, 0.3) is 0 Å². The molecule has 1 aliphatic heterocycles. The van der Waals surface area contributed by atoms with Gasteiger partial charge in [-0.3, -0.25) is 9.78 Å². The van der Waals surface area contributed by atoms with Gasteiger partial charge in [-0.2, -0.15) is 0 Å². The van der Waals surface area contributed by atoms with Crippen LogP contribution in [0.3, 0.4) is 0 Å². The summed E-state index contributed by atoms with van der Waals surface area (Å²) in [4.78, 5) is 16.6. The van der Waals surface area contributed by atoms with Gasteiger partial charge >= 0.3 is 0 Å². The molecule has 22 heavy (non-hydrogen) atoms. The summed E-state index contributed by atoms with van der Waals surface area (Å²) in [6, 6.07) is 3.67. The van der Waals surface area contributed by atoms with E-state index in [9.17, 15) is 13.2 Å². The van der Waals surface area contributed by atoms with E-state index in [0.717, 1.165) is 31.2 Å². The van der Waals surface area contributed by atoms with Crippen molar-refractivity contribution in [3.8, 4) is 0 Å². The predicted molar refractivity (Wildman–Crippen MR) is 84.5 cm³/mol. The zero-order valence-corrected chi connectivity index (χ0v) is 13.5. The van der Waals surface area contributed by atoms with Crippen LogP contribution in [0.5, 0.6) is 0 Å². The van der Waals surface area contributed by atoms with E-state index in [4.69, 9.17) is 0 Å². The summed E-state index contributed by atoms with van der Waals surface area (Å²) < 4.78 is 26.3. The summed E-state index contributed by atoms with van der Waals surface area (Å²) in [6.45, 7) is 1.79. The van der Waals surface area contributed by atoms with Crippen LogP contribution in [0, 0.1) is 0 Å². The number of rotatable bonds is 7. The maximum absolute atomic E-state index is 12.4. The number of nitrogens with zero attached hydrogens (tertiary/aromatic N) is 3. The van der Waals surface area contributed by atoms with E-state index in [-0.39, 0.29) is 12.3 Å². The lowest BCUT2D eigenvalue weighted by Gasteiger charge is -2.22. The molecule has 0 saturated carbocycles. The highest BCUT2D eigenvalue weighted by Gasteiger charge is 2.23. The Kier molecular flexibility index (Phi) is 6.33. The van der Waals surface area contributed by atoms with E-state index in [2.05, 4.69) is 4.98 Å². The zero-order valence-electron chi connectivity index (χ0n) is 12.7. The van der Waals surface area contributed by atoms with Gasteiger partial charge in [0.05, 0.1) is 5.75 Å². The van der Waals surface area contributed by atoms with E-state index in [1.807, 2.05) is 6.07 Å². The molecule has 0 unspecified atom stereocenters. The van der Waals surface area contributed by atoms with Gasteiger partial charge < -0.3 is 4.90 Å². The quantitative estimate of drug-likeness (QED) is 0.707. The number of sulfonamides is 1. The number of aromatic nitrogens is 1. The molecule has 2 rings (SSSR count). The smallest absolute Gasteiger partial charge is 0.215 e. The molecule has 1 saturated heterocycles. The maximum Gasteiger partial charge on any atom is 0.215 e. The third kappa shape index (κ3) is 5.06. The molecule has 0 aliphatic carbocycles. The molecule has 1 aromatic rings. The van der Waals surface area contributed by atoms with Crippen molar-refractivity contribution in [2.24, 2.45) is 0 Å². The van der Waals surface area contributed by atoms with Crippen LogP contribution in [0.2, 0.25) is 0 Å². The Labute approximate surface area is 132 Å². The van der Waals surface area contributed by atoms with Gasteiger partial charge in [-0.15, -0.1) is 0 Å². The Morgan fingerprint density at radius 1 is 1.23 bits per heavy atom. The standard InChI is InChI=1S/C15H23N3O3S/c19-14-17(13-15-6-5-7-16-12-15)10-11-22(20,21)18-8-3-1-2-4-9-18/h5-7,12,14H,1-4,8-11,13H2. The van der Waals surface area contributed by atoms with Gasteiger partial charge in [-0.05, 0) is 24.5 Å². The largest absolute Gasteiger partial charge is 0.340 e. The Hall–Kier alpha value is -1.47. The van der Waals surface area contributed by atoms with E-state index in [1.165, 1.54) is 4.90 Å². The topological polar surface area (TPSA) is 70.6 Å². The number of carbonyl (C=O) groups is 1. The van der Waals surface area contributed by atoms with Crippen LogP contribution in [-0.2, 0) is 21.4 Å². The van der Waals surface area contributed by atoms with E-state index in [1.54, 1.807) is 22.8 Å². The lowest BCUT2D eigenvalue weighted by Crippen LogP contribution is -2.38.